The van der Waals surface area contributed by atoms with Crippen LogP contribution in [0.4, 0.5) is 5.69 Å². The lowest BCUT2D eigenvalue weighted by molar-refractivity contribution is 0.286. The number of pyridine rings is 1. The Morgan fingerprint density at radius 1 is 1.21 bits per heavy atom. The number of halogens is 1. The van der Waals surface area contributed by atoms with E-state index in [1.54, 1.807) is 7.11 Å². The molecule has 0 atom stereocenters. The molecule has 2 aromatic rings. The Labute approximate surface area is 120 Å². The molecule has 0 saturated carbocycles. The molecule has 2 rings (SSSR count). The van der Waals surface area contributed by atoms with Gasteiger partial charge in [0.1, 0.15) is 17.0 Å². The summed E-state index contributed by atoms with van der Waals surface area (Å²) in [4.78, 5) is 4.23. The summed E-state index contributed by atoms with van der Waals surface area (Å²) in [6.07, 6.45) is 0. The van der Waals surface area contributed by atoms with Gasteiger partial charge in [0.2, 0.25) is 5.88 Å². The van der Waals surface area contributed by atoms with Gasteiger partial charge in [-0.2, -0.15) is 0 Å². The maximum absolute atomic E-state index is 5.70. The lowest BCUT2D eigenvalue weighted by atomic mass is 10.1. The second-order valence-corrected chi connectivity index (χ2v) is 4.64. The van der Waals surface area contributed by atoms with Gasteiger partial charge in [-0.15, -0.1) is 0 Å². The van der Waals surface area contributed by atoms with Crippen molar-refractivity contribution < 1.29 is 9.47 Å². The van der Waals surface area contributed by atoms with Crippen LogP contribution in [0.15, 0.2) is 41.0 Å². The molecule has 0 bridgehead atoms. The average Bonchev–Trinajstić information content (AvgIpc) is 2.44. The molecule has 1 N–H and O–H groups in total. The van der Waals surface area contributed by atoms with Crippen LogP contribution in [0.1, 0.15) is 5.56 Å². The molecular formula is C14H15BrN2O2. The first kappa shape index (κ1) is 13.7. The third-order valence-electron chi connectivity index (χ3n) is 2.68. The maximum Gasteiger partial charge on any atom is 0.214 e. The van der Waals surface area contributed by atoms with Gasteiger partial charge < -0.3 is 14.8 Å². The summed E-state index contributed by atoms with van der Waals surface area (Å²) in [5.41, 5.74) is 1.95. The Balaban J connectivity index is 2.19. The number of anilines is 1. The van der Waals surface area contributed by atoms with Gasteiger partial charge in [0.05, 0.1) is 12.7 Å². The summed E-state index contributed by atoms with van der Waals surface area (Å²) >= 11 is 3.32. The molecule has 1 aromatic carbocycles. The van der Waals surface area contributed by atoms with Crippen LogP contribution in [-0.2, 0) is 6.61 Å². The Kier molecular flexibility index (Phi) is 4.63. The van der Waals surface area contributed by atoms with E-state index in [9.17, 15) is 0 Å². The van der Waals surface area contributed by atoms with E-state index in [2.05, 4.69) is 26.2 Å². The van der Waals surface area contributed by atoms with Crippen molar-refractivity contribution in [3.8, 4) is 11.6 Å². The molecular weight excluding hydrogens is 308 g/mol. The van der Waals surface area contributed by atoms with Gasteiger partial charge in [-0.05, 0) is 34.1 Å². The van der Waals surface area contributed by atoms with Crippen molar-refractivity contribution in [2.45, 2.75) is 6.61 Å². The maximum atomic E-state index is 5.70. The van der Waals surface area contributed by atoms with E-state index < -0.39 is 0 Å². The summed E-state index contributed by atoms with van der Waals surface area (Å²) in [5.74, 6) is 1.36. The largest absolute Gasteiger partial charge is 0.496 e. The highest BCUT2D eigenvalue weighted by Crippen LogP contribution is 2.27. The van der Waals surface area contributed by atoms with Gasteiger partial charge in [0.25, 0.3) is 0 Å². The van der Waals surface area contributed by atoms with Crippen LogP contribution >= 0.6 is 15.9 Å². The lowest BCUT2D eigenvalue weighted by Gasteiger charge is -2.14. The molecule has 0 aliphatic heterocycles. The molecule has 0 aliphatic rings. The van der Waals surface area contributed by atoms with Crippen LogP contribution in [-0.4, -0.2) is 19.1 Å². The number of ether oxygens (including phenoxy) is 2. The van der Waals surface area contributed by atoms with Crippen molar-refractivity contribution in [2.75, 3.05) is 19.5 Å². The van der Waals surface area contributed by atoms with Crippen LogP contribution < -0.4 is 14.8 Å². The summed E-state index contributed by atoms with van der Waals surface area (Å²) in [6, 6.07) is 11.4. The smallest absolute Gasteiger partial charge is 0.214 e. The quantitative estimate of drug-likeness (QED) is 0.856. The first-order chi connectivity index (χ1) is 9.24. The van der Waals surface area contributed by atoms with E-state index in [1.165, 1.54) is 0 Å². The second kappa shape index (κ2) is 6.43. The van der Waals surface area contributed by atoms with E-state index in [0.29, 0.717) is 12.5 Å². The highest BCUT2D eigenvalue weighted by atomic mass is 79.9. The Morgan fingerprint density at radius 3 is 2.68 bits per heavy atom. The number of aromatic nitrogens is 1. The zero-order chi connectivity index (χ0) is 13.7. The Morgan fingerprint density at radius 2 is 2.00 bits per heavy atom. The highest BCUT2D eigenvalue weighted by molar-refractivity contribution is 9.10. The van der Waals surface area contributed by atoms with E-state index >= 15 is 0 Å². The van der Waals surface area contributed by atoms with Crippen LogP contribution in [0, 0.1) is 0 Å². The summed E-state index contributed by atoms with van der Waals surface area (Å²) in [7, 11) is 3.52. The normalized spacial score (nSPS) is 10.1. The molecule has 1 aromatic heterocycles. The monoisotopic (exact) mass is 322 g/mol. The molecule has 0 fully saturated rings. The van der Waals surface area contributed by atoms with Crippen LogP contribution in [0.5, 0.6) is 11.6 Å². The highest BCUT2D eigenvalue weighted by Gasteiger charge is 2.09. The van der Waals surface area contributed by atoms with Crippen LogP contribution in [0.25, 0.3) is 0 Å². The number of nitrogens with one attached hydrogen (secondary N) is 1. The standard InChI is InChI=1S/C14H15BrN2O2/c1-16-11-5-3-6-12(18-2)10(11)9-19-14-8-4-7-13(15)17-14/h3-8,16H,9H2,1-2H3. The minimum absolute atomic E-state index is 0.392. The molecule has 100 valence electrons. The number of hydrogen-bond donors (Lipinski definition) is 1. The van der Waals surface area contributed by atoms with Crippen molar-refractivity contribution in [1.82, 2.24) is 4.98 Å². The topological polar surface area (TPSA) is 43.4 Å². The minimum Gasteiger partial charge on any atom is -0.496 e. The minimum atomic E-state index is 0.392. The number of benzene rings is 1. The molecule has 0 spiro atoms. The van der Waals surface area contributed by atoms with E-state index in [1.807, 2.05) is 43.4 Å². The van der Waals surface area contributed by atoms with Gasteiger partial charge in [0.15, 0.2) is 0 Å². The molecule has 1 heterocycles. The van der Waals surface area contributed by atoms with Gasteiger partial charge in [-0.25, -0.2) is 4.98 Å². The summed E-state index contributed by atoms with van der Waals surface area (Å²) in [6.45, 7) is 0.392. The molecule has 19 heavy (non-hydrogen) atoms. The molecule has 0 amide bonds. The molecule has 4 nitrogen and oxygen atoms in total. The second-order valence-electron chi connectivity index (χ2n) is 3.82. The molecule has 0 aliphatic carbocycles. The Hall–Kier alpha value is -1.75. The SMILES string of the molecule is CNc1cccc(OC)c1COc1cccc(Br)n1. The van der Waals surface area contributed by atoms with Crippen molar-refractivity contribution in [3.63, 3.8) is 0 Å². The molecule has 0 unspecified atom stereocenters. The fraction of sp³-hybridized carbons (Fsp3) is 0.214. The van der Waals surface area contributed by atoms with Crippen molar-refractivity contribution >= 4 is 21.6 Å². The zero-order valence-corrected chi connectivity index (χ0v) is 12.4. The summed E-state index contributed by atoms with van der Waals surface area (Å²) < 4.78 is 11.8. The number of rotatable bonds is 5. The number of methoxy groups -OCH3 is 1. The van der Waals surface area contributed by atoms with E-state index in [0.717, 1.165) is 21.6 Å². The van der Waals surface area contributed by atoms with Crippen molar-refractivity contribution in [2.24, 2.45) is 0 Å². The van der Waals surface area contributed by atoms with Crippen molar-refractivity contribution in [1.29, 1.82) is 0 Å². The Bertz CT molecular complexity index is 539. The fourth-order valence-electron chi connectivity index (χ4n) is 1.76. The van der Waals surface area contributed by atoms with Gasteiger partial charge in [-0.1, -0.05) is 12.1 Å². The average molecular weight is 323 g/mol. The first-order valence-electron chi connectivity index (χ1n) is 5.83. The fourth-order valence-corrected chi connectivity index (χ4v) is 2.08. The van der Waals surface area contributed by atoms with Crippen LogP contribution in [0.2, 0.25) is 0 Å². The molecule has 0 radical (unpaired) electrons. The van der Waals surface area contributed by atoms with Crippen LogP contribution in [0.3, 0.4) is 0 Å². The zero-order valence-electron chi connectivity index (χ0n) is 10.8. The first-order valence-corrected chi connectivity index (χ1v) is 6.63. The van der Waals surface area contributed by atoms with Gasteiger partial charge >= 0.3 is 0 Å². The van der Waals surface area contributed by atoms with E-state index in [-0.39, 0.29) is 0 Å². The predicted molar refractivity (Wildman–Crippen MR) is 78.8 cm³/mol. The molecule has 5 heteroatoms. The third-order valence-corrected chi connectivity index (χ3v) is 3.12. The molecule has 0 saturated heterocycles. The predicted octanol–water partition coefficient (Wildman–Crippen LogP) is 3.47. The lowest BCUT2D eigenvalue weighted by Crippen LogP contribution is -2.04. The van der Waals surface area contributed by atoms with Gasteiger partial charge in [0, 0.05) is 18.8 Å². The van der Waals surface area contributed by atoms with Crippen molar-refractivity contribution in [3.05, 3.63) is 46.6 Å². The number of nitrogens with zero attached hydrogens (tertiary/aromatic N) is 1. The summed E-state index contributed by atoms with van der Waals surface area (Å²) in [5, 5.41) is 3.13. The third kappa shape index (κ3) is 3.38. The van der Waals surface area contributed by atoms with E-state index in [4.69, 9.17) is 9.47 Å². The number of hydrogen-bond acceptors (Lipinski definition) is 4. The van der Waals surface area contributed by atoms with Gasteiger partial charge in [-0.3, -0.25) is 0 Å².